The highest BCUT2D eigenvalue weighted by atomic mass is 16.1. The summed E-state index contributed by atoms with van der Waals surface area (Å²) in [5.74, 6) is 0.228. The number of hydrogen-bond donors (Lipinski definition) is 0. The Morgan fingerprint density at radius 2 is 1.70 bits per heavy atom. The topological polar surface area (TPSA) is 17.1 Å². The summed E-state index contributed by atoms with van der Waals surface area (Å²) in [6.45, 7) is 10.5. The van der Waals surface area contributed by atoms with Crippen molar-refractivity contribution in [3.63, 3.8) is 0 Å². The molecule has 0 amide bonds. The van der Waals surface area contributed by atoms with Crippen LogP contribution in [0.2, 0.25) is 0 Å². The van der Waals surface area contributed by atoms with Crippen LogP contribution in [0.4, 0.5) is 0 Å². The van der Waals surface area contributed by atoms with Crippen LogP contribution in [0.5, 0.6) is 0 Å². The number of carbonyl (C=O) groups excluding carboxylic acids is 1. The van der Waals surface area contributed by atoms with Crippen molar-refractivity contribution in [1.82, 2.24) is 0 Å². The average Bonchev–Trinajstić information content (AvgIpc) is 2.37. The van der Waals surface area contributed by atoms with E-state index in [1.807, 2.05) is 0 Å². The van der Waals surface area contributed by atoms with E-state index in [9.17, 15) is 4.79 Å². The zero-order chi connectivity index (χ0) is 15.2. The second-order valence-corrected chi connectivity index (χ2v) is 6.50. The van der Waals surface area contributed by atoms with Gasteiger partial charge in [-0.05, 0) is 56.1 Å². The van der Waals surface area contributed by atoms with E-state index in [4.69, 9.17) is 0 Å². The van der Waals surface area contributed by atoms with Gasteiger partial charge in [0.1, 0.15) is 0 Å². The molecule has 1 nitrogen and oxygen atoms in total. The highest BCUT2D eigenvalue weighted by Gasteiger charge is 2.19. The third-order valence-electron chi connectivity index (χ3n) is 4.00. The first-order chi connectivity index (χ1) is 9.35. The zero-order valence-electron chi connectivity index (χ0n) is 13.6. The van der Waals surface area contributed by atoms with Gasteiger partial charge < -0.3 is 0 Å². The van der Waals surface area contributed by atoms with Crippen LogP contribution < -0.4 is 0 Å². The van der Waals surface area contributed by atoms with E-state index in [1.165, 1.54) is 11.1 Å². The van der Waals surface area contributed by atoms with E-state index in [0.717, 1.165) is 31.3 Å². The first-order valence-electron chi connectivity index (χ1n) is 7.59. The standard InChI is InChI=1S/C19H28O/c1-6-18(16(3)20)15(2)12-13-19(4,5)14-17-10-8-7-9-11-17/h7-11H,6,12-14H2,1-5H3/b18-15-. The second kappa shape index (κ2) is 7.42. The van der Waals surface area contributed by atoms with Crippen LogP contribution in [0, 0.1) is 5.41 Å². The molecule has 0 saturated heterocycles. The van der Waals surface area contributed by atoms with E-state index >= 15 is 0 Å². The zero-order valence-corrected chi connectivity index (χ0v) is 13.6. The quantitative estimate of drug-likeness (QED) is 0.611. The molecule has 0 aromatic heterocycles. The fourth-order valence-electron chi connectivity index (χ4n) is 2.76. The number of benzene rings is 1. The molecule has 0 heterocycles. The van der Waals surface area contributed by atoms with Crippen molar-refractivity contribution < 1.29 is 4.79 Å². The molecule has 20 heavy (non-hydrogen) atoms. The second-order valence-electron chi connectivity index (χ2n) is 6.50. The van der Waals surface area contributed by atoms with Crippen LogP contribution in [0.25, 0.3) is 0 Å². The first kappa shape index (κ1) is 16.7. The summed E-state index contributed by atoms with van der Waals surface area (Å²) in [6.07, 6.45) is 4.07. The van der Waals surface area contributed by atoms with Crippen LogP contribution in [0.15, 0.2) is 41.5 Å². The maximum absolute atomic E-state index is 11.6. The SMILES string of the molecule is CC/C(C(C)=O)=C(\C)CCC(C)(C)Cc1ccccc1. The lowest BCUT2D eigenvalue weighted by Gasteiger charge is -2.25. The minimum atomic E-state index is 0.228. The number of rotatable bonds is 7. The molecule has 0 N–H and O–H groups in total. The Labute approximate surface area is 124 Å². The van der Waals surface area contributed by atoms with Crippen LogP contribution in [-0.4, -0.2) is 5.78 Å². The predicted molar refractivity (Wildman–Crippen MR) is 86.8 cm³/mol. The molecule has 0 radical (unpaired) electrons. The molecule has 110 valence electrons. The molecule has 0 aliphatic carbocycles. The average molecular weight is 272 g/mol. The minimum absolute atomic E-state index is 0.228. The van der Waals surface area contributed by atoms with Gasteiger partial charge in [0.25, 0.3) is 0 Å². The van der Waals surface area contributed by atoms with Gasteiger partial charge in [-0.3, -0.25) is 4.79 Å². The molecular weight excluding hydrogens is 244 g/mol. The van der Waals surface area contributed by atoms with Crippen molar-refractivity contribution in [2.24, 2.45) is 5.41 Å². The molecule has 0 unspecified atom stereocenters. The van der Waals surface area contributed by atoms with Gasteiger partial charge in [-0.15, -0.1) is 0 Å². The van der Waals surface area contributed by atoms with Gasteiger partial charge in [-0.1, -0.05) is 56.7 Å². The molecule has 0 saturated carbocycles. The van der Waals surface area contributed by atoms with Crippen molar-refractivity contribution in [3.8, 4) is 0 Å². The van der Waals surface area contributed by atoms with E-state index < -0.39 is 0 Å². The third-order valence-corrected chi connectivity index (χ3v) is 4.00. The van der Waals surface area contributed by atoms with Gasteiger partial charge in [-0.2, -0.15) is 0 Å². The summed E-state index contributed by atoms with van der Waals surface area (Å²) >= 11 is 0. The van der Waals surface area contributed by atoms with Crippen molar-refractivity contribution in [2.75, 3.05) is 0 Å². The summed E-state index contributed by atoms with van der Waals surface area (Å²) in [7, 11) is 0. The number of allylic oxidation sites excluding steroid dienone is 2. The smallest absolute Gasteiger partial charge is 0.155 e. The molecule has 0 fully saturated rings. The van der Waals surface area contributed by atoms with Gasteiger partial charge in [0.2, 0.25) is 0 Å². The first-order valence-corrected chi connectivity index (χ1v) is 7.59. The maximum atomic E-state index is 11.6. The Hall–Kier alpha value is -1.37. The molecule has 1 heteroatoms. The lowest BCUT2D eigenvalue weighted by Crippen LogP contribution is -2.15. The number of Topliss-reactive ketones (excluding diaryl/α,β-unsaturated/α-hetero) is 1. The molecule has 0 bridgehead atoms. The van der Waals surface area contributed by atoms with Gasteiger partial charge in [0.05, 0.1) is 0 Å². The lowest BCUT2D eigenvalue weighted by atomic mass is 9.80. The van der Waals surface area contributed by atoms with Crippen molar-refractivity contribution in [3.05, 3.63) is 47.0 Å². The Kier molecular flexibility index (Phi) is 6.19. The minimum Gasteiger partial charge on any atom is -0.295 e. The van der Waals surface area contributed by atoms with Crippen LogP contribution in [0.1, 0.15) is 59.4 Å². The monoisotopic (exact) mass is 272 g/mol. The number of carbonyl (C=O) groups is 1. The summed E-state index contributed by atoms with van der Waals surface area (Å²) < 4.78 is 0. The van der Waals surface area contributed by atoms with Crippen LogP contribution >= 0.6 is 0 Å². The molecule has 0 aliphatic heterocycles. The van der Waals surface area contributed by atoms with E-state index in [2.05, 4.69) is 58.0 Å². The normalized spacial score (nSPS) is 13.1. The Balaban J connectivity index is 2.65. The van der Waals surface area contributed by atoms with E-state index in [1.54, 1.807) is 6.92 Å². The van der Waals surface area contributed by atoms with Gasteiger partial charge in [0.15, 0.2) is 5.78 Å². The summed E-state index contributed by atoms with van der Waals surface area (Å²) in [6, 6.07) is 10.6. The molecule has 1 aromatic carbocycles. The fraction of sp³-hybridized carbons (Fsp3) is 0.526. The third kappa shape index (κ3) is 5.32. The van der Waals surface area contributed by atoms with Crippen LogP contribution in [0.3, 0.4) is 0 Å². The molecule has 1 aromatic rings. The van der Waals surface area contributed by atoms with Crippen molar-refractivity contribution in [2.45, 2.75) is 60.3 Å². The number of hydrogen-bond acceptors (Lipinski definition) is 1. The van der Waals surface area contributed by atoms with Gasteiger partial charge in [0, 0.05) is 0 Å². The van der Waals surface area contributed by atoms with Gasteiger partial charge in [-0.25, -0.2) is 0 Å². The van der Waals surface area contributed by atoms with Crippen molar-refractivity contribution in [1.29, 1.82) is 0 Å². The Morgan fingerprint density at radius 3 is 2.20 bits per heavy atom. The summed E-state index contributed by atoms with van der Waals surface area (Å²) in [5, 5.41) is 0. The lowest BCUT2D eigenvalue weighted by molar-refractivity contribution is -0.113. The van der Waals surface area contributed by atoms with Crippen LogP contribution in [-0.2, 0) is 11.2 Å². The predicted octanol–water partition coefficient (Wildman–Crippen LogP) is 5.35. The molecule has 0 aliphatic rings. The Morgan fingerprint density at radius 1 is 1.10 bits per heavy atom. The largest absolute Gasteiger partial charge is 0.295 e. The maximum Gasteiger partial charge on any atom is 0.155 e. The van der Waals surface area contributed by atoms with E-state index in [0.29, 0.717) is 0 Å². The van der Waals surface area contributed by atoms with E-state index in [-0.39, 0.29) is 11.2 Å². The molecule has 0 spiro atoms. The van der Waals surface area contributed by atoms with Crippen molar-refractivity contribution >= 4 is 5.78 Å². The highest BCUT2D eigenvalue weighted by molar-refractivity contribution is 5.93. The molecular formula is C19H28O. The Bertz CT molecular complexity index is 466. The molecule has 0 atom stereocenters. The summed E-state index contributed by atoms with van der Waals surface area (Å²) in [5.41, 5.74) is 3.93. The summed E-state index contributed by atoms with van der Waals surface area (Å²) in [4.78, 5) is 11.6. The number of ketones is 1. The fourth-order valence-corrected chi connectivity index (χ4v) is 2.76. The molecule has 1 rings (SSSR count). The van der Waals surface area contributed by atoms with Gasteiger partial charge >= 0.3 is 0 Å². The highest BCUT2D eigenvalue weighted by Crippen LogP contribution is 2.30.